The molecule has 0 bridgehead atoms. The van der Waals surface area contributed by atoms with Crippen molar-refractivity contribution in [3.8, 4) is 0 Å². The van der Waals surface area contributed by atoms with Crippen molar-refractivity contribution >= 4 is 11.6 Å². The van der Waals surface area contributed by atoms with Crippen LogP contribution in [0.2, 0.25) is 5.02 Å². The van der Waals surface area contributed by atoms with Crippen LogP contribution in [0.25, 0.3) is 0 Å². The molecule has 0 aromatic heterocycles. The molecule has 1 nitrogen and oxygen atoms in total. The van der Waals surface area contributed by atoms with Crippen LogP contribution in [0.15, 0.2) is 36.4 Å². The molecule has 0 saturated carbocycles. The highest BCUT2D eigenvalue weighted by Crippen LogP contribution is 2.24. The molecule has 1 aromatic rings. The van der Waals surface area contributed by atoms with E-state index in [1.54, 1.807) is 0 Å². The second-order valence-electron chi connectivity index (χ2n) is 4.04. The number of ether oxygens (including phenoxy) is 1. The minimum absolute atomic E-state index is 0.318. The molecular weight excluding hydrogens is 220 g/mol. The highest BCUT2D eigenvalue weighted by molar-refractivity contribution is 6.31. The summed E-state index contributed by atoms with van der Waals surface area (Å²) in [6, 6.07) is 7.91. The van der Waals surface area contributed by atoms with Crippen LogP contribution in [0, 0.1) is 0 Å². The highest BCUT2D eigenvalue weighted by Gasteiger charge is 2.08. The Labute approximate surface area is 103 Å². The molecule has 1 rings (SSSR count). The Morgan fingerprint density at radius 2 is 2.12 bits per heavy atom. The van der Waals surface area contributed by atoms with Gasteiger partial charge in [0, 0.05) is 10.9 Å². The van der Waals surface area contributed by atoms with E-state index in [1.807, 2.05) is 24.3 Å². The van der Waals surface area contributed by atoms with Crippen molar-refractivity contribution in [1.29, 1.82) is 0 Å². The number of halogens is 1. The Bertz CT molecular complexity index is 346. The number of benzene rings is 1. The van der Waals surface area contributed by atoms with Crippen molar-refractivity contribution in [3.05, 3.63) is 47.0 Å². The molecule has 0 spiro atoms. The van der Waals surface area contributed by atoms with Crippen molar-refractivity contribution in [3.63, 3.8) is 0 Å². The van der Waals surface area contributed by atoms with Gasteiger partial charge in [-0.2, -0.15) is 0 Å². The largest absolute Gasteiger partial charge is 0.377 e. The summed E-state index contributed by atoms with van der Waals surface area (Å²) in [4.78, 5) is 0. The van der Waals surface area contributed by atoms with Gasteiger partial charge in [-0.3, -0.25) is 0 Å². The second kappa shape index (κ2) is 6.72. The summed E-state index contributed by atoms with van der Waals surface area (Å²) < 4.78 is 5.60. The van der Waals surface area contributed by atoms with E-state index in [0.29, 0.717) is 19.1 Å². The van der Waals surface area contributed by atoms with Gasteiger partial charge in [0.05, 0.1) is 13.2 Å². The van der Waals surface area contributed by atoms with Crippen LogP contribution in [-0.4, -0.2) is 13.2 Å². The Balaban J connectivity index is 2.44. The predicted molar refractivity (Wildman–Crippen MR) is 70.1 cm³/mol. The lowest BCUT2D eigenvalue weighted by molar-refractivity contribution is 0.143. The molecule has 0 N–H and O–H groups in total. The normalized spacial score (nSPS) is 12.4. The number of hydrogen-bond acceptors (Lipinski definition) is 1. The van der Waals surface area contributed by atoms with Crippen molar-refractivity contribution in [2.75, 3.05) is 13.2 Å². The summed E-state index contributed by atoms with van der Waals surface area (Å²) in [5.41, 5.74) is 2.28. The van der Waals surface area contributed by atoms with Crippen molar-refractivity contribution in [1.82, 2.24) is 0 Å². The van der Waals surface area contributed by atoms with E-state index in [9.17, 15) is 0 Å². The molecule has 0 aliphatic carbocycles. The first-order valence-corrected chi connectivity index (χ1v) is 6.01. The fourth-order valence-corrected chi connectivity index (χ4v) is 1.77. The number of hydrogen-bond donors (Lipinski definition) is 0. The van der Waals surface area contributed by atoms with Gasteiger partial charge in [-0.1, -0.05) is 55.8 Å². The maximum Gasteiger partial charge on any atom is 0.0674 e. The Kier molecular flexibility index (Phi) is 5.58. The van der Waals surface area contributed by atoms with Crippen molar-refractivity contribution < 1.29 is 4.74 Å². The van der Waals surface area contributed by atoms with E-state index in [2.05, 4.69) is 20.4 Å². The van der Waals surface area contributed by atoms with Gasteiger partial charge < -0.3 is 4.74 Å². The first-order valence-electron chi connectivity index (χ1n) is 5.64. The molecule has 0 amide bonds. The quantitative estimate of drug-likeness (QED) is 0.667. The van der Waals surface area contributed by atoms with E-state index < -0.39 is 0 Å². The Morgan fingerprint density at radius 1 is 1.44 bits per heavy atom. The van der Waals surface area contributed by atoms with Crippen LogP contribution >= 0.6 is 11.6 Å². The average molecular weight is 239 g/mol. The highest BCUT2D eigenvalue weighted by atomic mass is 35.5. The molecular formula is C14H19ClO. The van der Waals surface area contributed by atoms with Gasteiger partial charge in [0.25, 0.3) is 0 Å². The molecule has 0 heterocycles. The third-order valence-electron chi connectivity index (χ3n) is 2.61. The van der Waals surface area contributed by atoms with Crippen LogP contribution in [0.1, 0.15) is 31.7 Å². The lowest BCUT2D eigenvalue weighted by atomic mass is 10.0. The van der Waals surface area contributed by atoms with Gasteiger partial charge in [-0.15, -0.1) is 0 Å². The topological polar surface area (TPSA) is 9.23 Å². The molecule has 0 fully saturated rings. The van der Waals surface area contributed by atoms with Gasteiger partial charge in [0.2, 0.25) is 0 Å². The summed E-state index contributed by atoms with van der Waals surface area (Å²) >= 11 is 6.11. The van der Waals surface area contributed by atoms with Crippen LogP contribution in [0.3, 0.4) is 0 Å². The minimum Gasteiger partial charge on any atom is -0.377 e. The lowest BCUT2D eigenvalue weighted by Gasteiger charge is -2.14. The second-order valence-corrected chi connectivity index (χ2v) is 4.45. The summed E-state index contributed by atoms with van der Waals surface area (Å²) in [5.74, 6) is 0.318. The first kappa shape index (κ1) is 13.3. The van der Waals surface area contributed by atoms with Crippen LogP contribution < -0.4 is 0 Å². The van der Waals surface area contributed by atoms with E-state index in [-0.39, 0.29) is 0 Å². The summed E-state index contributed by atoms with van der Waals surface area (Å²) in [6.07, 6.45) is 0.973. The molecule has 1 aromatic carbocycles. The van der Waals surface area contributed by atoms with E-state index >= 15 is 0 Å². The minimum atomic E-state index is 0.318. The zero-order valence-corrected chi connectivity index (χ0v) is 10.8. The predicted octanol–water partition coefficient (Wildman–Crippen LogP) is 4.43. The molecule has 1 unspecified atom stereocenters. The third-order valence-corrected chi connectivity index (χ3v) is 2.95. The van der Waals surface area contributed by atoms with Gasteiger partial charge in [0.15, 0.2) is 0 Å². The van der Waals surface area contributed by atoms with E-state index in [0.717, 1.165) is 22.6 Å². The lowest BCUT2D eigenvalue weighted by Crippen LogP contribution is -2.06. The Morgan fingerprint density at radius 3 is 2.75 bits per heavy atom. The maximum absolute atomic E-state index is 6.11. The maximum atomic E-state index is 6.11. The van der Waals surface area contributed by atoms with Crippen LogP contribution in [0.5, 0.6) is 0 Å². The van der Waals surface area contributed by atoms with Crippen molar-refractivity contribution in [2.24, 2.45) is 0 Å². The first-order chi connectivity index (χ1) is 7.65. The molecule has 2 heteroatoms. The van der Waals surface area contributed by atoms with Gasteiger partial charge in [0.1, 0.15) is 0 Å². The zero-order valence-electron chi connectivity index (χ0n) is 10.0. The zero-order chi connectivity index (χ0) is 12.0. The van der Waals surface area contributed by atoms with Gasteiger partial charge in [-0.25, -0.2) is 0 Å². The van der Waals surface area contributed by atoms with Crippen LogP contribution in [0.4, 0.5) is 0 Å². The van der Waals surface area contributed by atoms with Gasteiger partial charge >= 0.3 is 0 Å². The van der Waals surface area contributed by atoms with E-state index in [1.165, 1.54) is 0 Å². The third kappa shape index (κ3) is 3.99. The fraction of sp³-hybridized carbons (Fsp3) is 0.429. The standard InChI is InChI=1S/C14H19ClO/c1-4-11(2)9-16-10-12(3)13-7-5-6-8-14(13)15/h5-8,12H,2,4,9-10H2,1,3H3. The van der Waals surface area contributed by atoms with Crippen LogP contribution in [-0.2, 0) is 4.74 Å². The molecule has 0 saturated heterocycles. The molecule has 0 radical (unpaired) electrons. The molecule has 88 valence electrons. The fourth-order valence-electron chi connectivity index (χ4n) is 1.45. The molecule has 0 aliphatic rings. The summed E-state index contributed by atoms with van der Waals surface area (Å²) in [5, 5.41) is 0.813. The SMILES string of the molecule is C=C(CC)COCC(C)c1ccccc1Cl. The molecule has 1 atom stereocenters. The summed E-state index contributed by atoms with van der Waals surface area (Å²) in [7, 11) is 0. The monoisotopic (exact) mass is 238 g/mol. The Hall–Kier alpha value is -0.790. The molecule has 16 heavy (non-hydrogen) atoms. The van der Waals surface area contributed by atoms with E-state index in [4.69, 9.17) is 16.3 Å². The summed E-state index contributed by atoms with van der Waals surface area (Å²) in [6.45, 7) is 9.44. The van der Waals surface area contributed by atoms with Crippen molar-refractivity contribution in [2.45, 2.75) is 26.2 Å². The number of rotatable bonds is 6. The smallest absolute Gasteiger partial charge is 0.0674 e. The molecule has 0 aliphatic heterocycles. The van der Waals surface area contributed by atoms with Gasteiger partial charge in [-0.05, 0) is 18.1 Å². The average Bonchev–Trinajstić information content (AvgIpc) is 2.29.